The topological polar surface area (TPSA) is 94.8 Å². The van der Waals surface area contributed by atoms with Crippen molar-refractivity contribution in [2.24, 2.45) is 5.92 Å². The summed E-state index contributed by atoms with van der Waals surface area (Å²) in [6, 6.07) is 21.1. The van der Waals surface area contributed by atoms with Crippen molar-refractivity contribution < 1.29 is 23.7 Å². The number of aliphatic hydroxyl groups excluding tert-OH is 2. The third-order valence-corrected chi connectivity index (χ3v) is 8.81. The fourth-order valence-corrected chi connectivity index (χ4v) is 7.02. The van der Waals surface area contributed by atoms with Gasteiger partial charge in [-0.15, -0.1) is 0 Å². The second kappa shape index (κ2) is 10.4. The van der Waals surface area contributed by atoms with Crippen LogP contribution in [0.1, 0.15) is 37.8 Å². The summed E-state index contributed by atoms with van der Waals surface area (Å²) in [5, 5.41) is 31.9. The molecule has 2 atom stereocenters. The number of phenols is 1. The van der Waals surface area contributed by atoms with Crippen molar-refractivity contribution in [2.45, 2.75) is 38.0 Å². The maximum atomic E-state index is 12.6. The lowest BCUT2D eigenvalue weighted by atomic mass is 9.89. The van der Waals surface area contributed by atoms with Crippen molar-refractivity contribution in [3.05, 3.63) is 89.0 Å². The summed E-state index contributed by atoms with van der Waals surface area (Å²) in [4.78, 5) is 0. The van der Waals surface area contributed by atoms with Gasteiger partial charge in [0.2, 0.25) is 0 Å². The van der Waals surface area contributed by atoms with E-state index in [2.05, 4.69) is 6.08 Å². The molecule has 0 saturated heterocycles. The Bertz CT molecular complexity index is 1370. The van der Waals surface area contributed by atoms with E-state index < -0.39 is 27.8 Å². The number of rotatable bonds is 8. The number of aromatic hydroxyl groups is 1. The molecule has 35 heavy (non-hydrogen) atoms. The van der Waals surface area contributed by atoms with Crippen LogP contribution in [0.2, 0.25) is 0 Å². The molecule has 1 aliphatic heterocycles. The van der Waals surface area contributed by atoms with Gasteiger partial charge in [0.15, 0.2) is 9.84 Å². The summed E-state index contributed by atoms with van der Waals surface area (Å²) in [7, 11) is -3.52. The fraction of sp³-hybridized carbons (Fsp3) is 0.310. The molecule has 0 unspecified atom stereocenters. The molecule has 0 aliphatic carbocycles. The molecule has 1 heterocycles. The molecule has 0 bridgehead atoms. The highest BCUT2D eigenvalue weighted by molar-refractivity contribution is 7.92. The largest absolute Gasteiger partial charge is 0.507 e. The van der Waals surface area contributed by atoms with Gasteiger partial charge in [0.25, 0.3) is 0 Å². The second-order valence-corrected chi connectivity index (χ2v) is 11.6. The number of allylic oxidation sites excluding steroid dienone is 1. The van der Waals surface area contributed by atoms with E-state index in [9.17, 15) is 23.7 Å². The van der Waals surface area contributed by atoms with Gasteiger partial charge in [0, 0.05) is 5.39 Å². The minimum atomic E-state index is -3.52. The van der Waals surface area contributed by atoms with E-state index in [1.807, 2.05) is 74.5 Å². The van der Waals surface area contributed by atoms with Gasteiger partial charge >= 0.3 is 0 Å². The molecular weight excluding hydrogens is 460 g/mol. The minimum absolute atomic E-state index is 0.0292. The van der Waals surface area contributed by atoms with Gasteiger partial charge in [-0.1, -0.05) is 80.6 Å². The standard InChI is InChI=1S/C29H32O5S/c1-19(2)25-18-35(33,34)28(17-30)29(25)27(32)15-12-21(20-8-4-3-5-9-20)16-22-13-14-26(31)24-11-7-6-10-23(22)24/h3-11,13-14,16,19,27-28,30-32H,12,15,17-18H2,1-2H3/b21-16-/t27-,28+/m1/s1. The first-order chi connectivity index (χ1) is 16.7. The first-order valence-electron chi connectivity index (χ1n) is 11.9. The Hall–Kier alpha value is -2.93. The van der Waals surface area contributed by atoms with E-state index in [1.54, 1.807) is 6.07 Å². The molecule has 3 N–H and O–H groups in total. The van der Waals surface area contributed by atoms with Gasteiger partial charge in [0.1, 0.15) is 11.0 Å². The predicted octanol–water partition coefficient (Wildman–Crippen LogP) is 4.97. The Balaban J connectivity index is 1.70. The molecule has 0 radical (unpaired) electrons. The highest BCUT2D eigenvalue weighted by Crippen LogP contribution is 2.37. The third-order valence-electron chi connectivity index (χ3n) is 6.83. The van der Waals surface area contributed by atoms with E-state index in [4.69, 9.17) is 0 Å². The molecule has 0 saturated carbocycles. The minimum Gasteiger partial charge on any atom is -0.507 e. The van der Waals surface area contributed by atoms with Crippen LogP contribution in [-0.2, 0) is 9.84 Å². The number of hydrogen-bond donors (Lipinski definition) is 3. The van der Waals surface area contributed by atoms with Crippen LogP contribution in [0.15, 0.2) is 77.9 Å². The number of phenolic OH excluding ortho intramolecular Hbond substituents is 1. The molecule has 4 rings (SSSR count). The number of benzene rings is 3. The molecule has 0 aromatic heterocycles. The predicted molar refractivity (Wildman–Crippen MR) is 142 cm³/mol. The third kappa shape index (κ3) is 5.20. The van der Waals surface area contributed by atoms with E-state index in [0.29, 0.717) is 24.0 Å². The highest BCUT2D eigenvalue weighted by atomic mass is 32.2. The van der Waals surface area contributed by atoms with Crippen LogP contribution < -0.4 is 0 Å². The summed E-state index contributed by atoms with van der Waals surface area (Å²) < 4.78 is 25.3. The molecule has 0 amide bonds. The molecule has 0 spiro atoms. The smallest absolute Gasteiger partial charge is 0.163 e. The van der Waals surface area contributed by atoms with Gasteiger partial charge in [-0.25, -0.2) is 8.42 Å². The summed E-state index contributed by atoms with van der Waals surface area (Å²) in [5.74, 6) is 0.0851. The summed E-state index contributed by atoms with van der Waals surface area (Å²) in [5.41, 5.74) is 4.13. The van der Waals surface area contributed by atoms with Crippen LogP contribution in [0.25, 0.3) is 22.4 Å². The first kappa shape index (κ1) is 25.2. The van der Waals surface area contributed by atoms with Crippen LogP contribution >= 0.6 is 0 Å². The lowest BCUT2D eigenvalue weighted by molar-refractivity contribution is 0.189. The zero-order chi connectivity index (χ0) is 25.2. The van der Waals surface area contributed by atoms with Crippen molar-refractivity contribution >= 4 is 32.3 Å². The van der Waals surface area contributed by atoms with Gasteiger partial charge in [-0.3, -0.25) is 0 Å². The quantitative estimate of drug-likeness (QED) is 0.305. The Morgan fingerprint density at radius 2 is 1.66 bits per heavy atom. The molecular formula is C29H32O5S. The average Bonchev–Trinajstić information content (AvgIpc) is 3.14. The lowest BCUT2D eigenvalue weighted by Gasteiger charge is -2.21. The van der Waals surface area contributed by atoms with E-state index in [1.165, 1.54) is 0 Å². The normalized spacial score (nSPS) is 19.0. The number of sulfone groups is 1. The Labute approximate surface area is 207 Å². The summed E-state index contributed by atoms with van der Waals surface area (Å²) in [6.07, 6.45) is 1.93. The summed E-state index contributed by atoms with van der Waals surface area (Å²) in [6.45, 7) is 3.32. The average molecular weight is 493 g/mol. The van der Waals surface area contributed by atoms with Gasteiger partial charge in [0.05, 0.1) is 18.5 Å². The van der Waals surface area contributed by atoms with Crippen LogP contribution in [0, 0.1) is 5.92 Å². The first-order valence-corrected chi connectivity index (χ1v) is 13.6. The van der Waals surface area contributed by atoms with Gasteiger partial charge in [-0.2, -0.15) is 0 Å². The zero-order valence-electron chi connectivity index (χ0n) is 20.1. The second-order valence-electron chi connectivity index (χ2n) is 9.42. The molecule has 5 nitrogen and oxygen atoms in total. The highest BCUT2D eigenvalue weighted by Gasteiger charge is 2.41. The number of fused-ring (bicyclic) bond motifs is 1. The Morgan fingerprint density at radius 1 is 1.00 bits per heavy atom. The van der Waals surface area contributed by atoms with Crippen LogP contribution in [-0.4, -0.2) is 47.5 Å². The fourth-order valence-electron chi connectivity index (χ4n) is 4.96. The van der Waals surface area contributed by atoms with Crippen LogP contribution in [0.5, 0.6) is 5.75 Å². The van der Waals surface area contributed by atoms with Crippen molar-refractivity contribution in [3.63, 3.8) is 0 Å². The van der Waals surface area contributed by atoms with Crippen molar-refractivity contribution in [2.75, 3.05) is 12.4 Å². The van der Waals surface area contributed by atoms with E-state index >= 15 is 0 Å². The van der Waals surface area contributed by atoms with E-state index in [0.717, 1.165) is 27.5 Å². The van der Waals surface area contributed by atoms with Gasteiger partial charge in [-0.05, 0) is 58.1 Å². The Morgan fingerprint density at radius 3 is 2.31 bits per heavy atom. The molecule has 184 valence electrons. The maximum Gasteiger partial charge on any atom is 0.163 e. The number of hydrogen-bond acceptors (Lipinski definition) is 5. The van der Waals surface area contributed by atoms with Gasteiger partial charge < -0.3 is 15.3 Å². The van der Waals surface area contributed by atoms with E-state index in [-0.39, 0.29) is 17.4 Å². The maximum absolute atomic E-state index is 12.6. The molecule has 3 aromatic carbocycles. The van der Waals surface area contributed by atoms with Crippen molar-refractivity contribution in [1.82, 2.24) is 0 Å². The number of aliphatic hydroxyl groups is 2. The Kier molecular flexibility index (Phi) is 7.45. The molecule has 0 fully saturated rings. The van der Waals surface area contributed by atoms with Crippen LogP contribution in [0.3, 0.4) is 0 Å². The monoisotopic (exact) mass is 492 g/mol. The summed E-state index contributed by atoms with van der Waals surface area (Å²) >= 11 is 0. The van der Waals surface area contributed by atoms with Crippen molar-refractivity contribution in [3.8, 4) is 5.75 Å². The van der Waals surface area contributed by atoms with Crippen molar-refractivity contribution in [1.29, 1.82) is 0 Å². The molecule has 3 aromatic rings. The molecule has 6 heteroatoms. The molecule has 1 aliphatic rings. The SMILES string of the molecule is CC(C)C1=C([C@H](O)CC/C(=C/c2ccc(O)c3ccccc23)c2ccccc2)[C@H](CO)S(=O)(=O)C1. The zero-order valence-corrected chi connectivity index (χ0v) is 20.9. The lowest BCUT2D eigenvalue weighted by Crippen LogP contribution is -2.29. The van der Waals surface area contributed by atoms with Crippen LogP contribution in [0.4, 0.5) is 0 Å².